The lowest BCUT2D eigenvalue weighted by Crippen LogP contribution is -2.62. The van der Waals surface area contributed by atoms with Crippen molar-refractivity contribution < 1.29 is 71.4 Å². The Morgan fingerprint density at radius 3 is 1.02 bits per heavy atom. The van der Waals surface area contributed by atoms with Crippen LogP contribution in [0.5, 0.6) is 0 Å². The SMILES string of the molecule is CC(C)[C@@H]1NC(=O)C2(/C=C/c3ccc4ccc(nc4c3)[C@@H](C)NC(=O)[C@@H]3CCCN(N3)C(=O)[C@H](C)NC1=O)CCC(C)(F)CC2.CC(C)[C@@H]1NC(=O)[C@@]2(/C=C/c3ccc4ccc(nc4c3)[C@@H](C)OC(=O)[C@@H]3CCCN(N3)C(=O)[C@H](C)NC1=O)CCCC(C)(C)C2.CC(C)[C@@H]1NC(=O)[C@]2(/C=C/c3ccc4ccc(nc4c3)[C@@H](C)OC(=O)[C@@H]3CCCN(N3)C(=O)[C@H](C)NC1=O)CCCC(C)(C)C2. The summed E-state index contributed by atoms with van der Waals surface area (Å²) in [6.45, 7) is 32.9. The van der Waals surface area contributed by atoms with Gasteiger partial charge >= 0.3 is 11.9 Å². The maximum atomic E-state index is 15.0. The lowest BCUT2D eigenvalue weighted by Gasteiger charge is -2.43. The van der Waals surface area contributed by atoms with Gasteiger partial charge in [0.1, 0.15) is 72.3 Å². The molecule has 3 spiro atoms. The van der Waals surface area contributed by atoms with Crippen LogP contribution in [-0.2, 0) is 67.0 Å². The maximum Gasteiger partial charge on any atom is 0.325 e. The van der Waals surface area contributed by atoms with Crippen molar-refractivity contribution in [1.82, 2.24) is 83.5 Å². The first-order valence-electron chi connectivity index (χ1n) is 48.6. The molecular weight excluding hydrogens is 1720 g/mol. The van der Waals surface area contributed by atoms with Crippen molar-refractivity contribution in [2.24, 2.45) is 44.8 Å². The molecule has 3 saturated heterocycles. The van der Waals surface area contributed by atoms with Crippen LogP contribution < -0.4 is 53.5 Å². The number of aromatic nitrogens is 3. The third-order valence-electron chi connectivity index (χ3n) is 28.4. The molecule has 30 nitrogen and oxygen atoms in total. The standard InChI is InChI=1S/2C35H47N5O5.C34H45FN6O4/c2*1-21(2)29-30(41)36-22(3)31(42)40-18-7-9-27(39-40)32(43)45-23(4)26-13-12-25-11-10-24(19-28(25)37-26)14-17-35(33(44)38-29)16-8-15-34(5,6)20-35;1-20(2)28-30(43)37-22(4)31(44)41-18-6-7-26(40-41)29(42)36-21(3)25-11-10-24-9-8-23(19-27(24)38-25)12-13-34(32(45)39-28)16-14-33(5,35)15-17-34/h2*10-14,17,19,21-23,27,29,39H,7-9,15-16,18,20H2,1-6H3,(H,36,41)(H,38,44);8-13,19-22,26,28,40H,6-7,14-18H2,1-5H3,(H,36,42)(H,37,43)(H,39,45)/b2*17-14+;13-12+/t22-,23+,27-,29-,35+;22-,23+,27-,29-,35-;21-,22+,26+,28+,33?,34?/m001/s1. The number of alkyl halides is 1. The summed E-state index contributed by atoms with van der Waals surface area (Å²) in [7, 11) is 0. The Kier molecular flexibility index (Phi) is 31.5. The van der Waals surface area contributed by atoms with Gasteiger partial charge in [-0.1, -0.05) is 173 Å². The first kappa shape index (κ1) is 101. The van der Waals surface area contributed by atoms with Gasteiger partial charge in [-0.2, -0.15) is 0 Å². The highest BCUT2D eigenvalue weighted by Gasteiger charge is 2.50. The first-order valence-corrected chi connectivity index (χ1v) is 48.6. The molecule has 3 saturated carbocycles. The van der Waals surface area contributed by atoms with E-state index in [2.05, 4.69) is 81.2 Å². The highest BCUT2D eigenvalue weighted by Crippen LogP contribution is 2.50. The van der Waals surface area contributed by atoms with Gasteiger partial charge in [0.05, 0.1) is 55.9 Å². The number of amides is 10. The van der Waals surface area contributed by atoms with Gasteiger partial charge in [-0.05, 0) is 233 Å². The molecule has 15 rings (SSSR count). The predicted octanol–water partition coefficient (Wildman–Crippen LogP) is 13.1. The first-order chi connectivity index (χ1) is 63.8. The van der Waals surface area contributed by atoms with Gasteiger partial charge in [-0.25, -0.2) is 30.6 Å². The number of cyclic esters (lactones) is 2. The molecule has 726 valence electrons. The van der Waals surface area contributed by atoms with E-state index in [4.69, 9.17) is 24.4 Å². The van der Waals surface area contributed by atoms with Gasteiger partial charge in [-0.3, -0.25) is 77.5 Å². The number of benzene rings is 3. The Labute approximate surface area is 791 Å². The summed E-state index contributed by atoms with van der Waals surface area (Å²) in [5, 5.41) is 27.5. The van der Waals surface area contributed by atoms with Crippen molar-refractivity contribution in [1.29, 1.82) is 0 Å². The van der Waals surface area contributed by atoms with Crippen LogP contribution in [0.15, 0.2) is 109 Å². The molecule has 3 aromatic carbocycles. The minimum absolute atomic E-state index is 0.0601. The number of nitrogens with zero attached hydrogens (tertiary/aromatic N) is 6. The summed E-state index contributed by atoms with van der Waals surface area (Å²) in [5.74, 6) is -5.04. The average molecular weight is 1860 g/mol. The van der Waals surface area contributed by atoms with Crippen LogP contribution >= 0.6 is 0 Å². The Morgan fingerprint density at radius 2 is 0.667 bits per heavy atom. The fraction of sp³-hybridized carbons (Fsp3) is 0.567. The van der Waals surface area contributed by atoms with Crippen molar-refractivity contribution >= 4 is 122 Å². The molecule has 9 heterocycles. The number of hydrazine groups is 3. The number of rotatable bonds is 3. The number of carbonyl (C=O) groups is 12. The number of halogens is 1. The average Bonchev–Trinajstić information content (AvgIpc) is 1.11. The number of nitrogens with one attached hydrogen (secondary N) is 10. The summed E-state index contributed by atoms with van der Waals surface area (Å²) >= 11 is 0. The van der Waals surface area contributed by atoms with E-state index < -0.39 is 124 Å². The van der Waals surface area contributed by atoms with E-state index in [1.807, 2.05) is 176 Å². The maximum absolute atomic E-state index is 15.0. The number of carbonyl (C=O) groups excluding carboxylic acids is 12. The third kappa shape index (κ3) is 24.3. The summed E-state index contributed by atoms with van der Waals surface area (Å²) < 4.78 is 26.6. The van der Waals surface area contributed by atoms with E-state index in [0.717, 1.165) is 75.1 Å². The topological polar surface area (TPSA) is 392 Å². The van der Waals surface area contributed by atoms with Gasteiger partial charge in [0, 0.05) is 35.8 Å². The van der Waals surface area contributed by atoms with Gasteiger partial charge in [0.15, 0.2) is 0 Å². The monoisotopic (exact) mass is 1860 g/mol. The van der Waals surface area contributed by atoms with Gasteiger partial charge in [0.2, 0.25) is 41.4 Å². The van der Waals surface area contributed by atoms with E-state index in [1.165, 1.54) is 15.0 Å². The molecule has 3 aromatic heterocycles. The number of fused-ring (bicyclic) bond motifs is 12. The van der Waals surface area contributed by atoms with Crippen LogP contribution in [0, 0.1) is 44.8 Å². The molecule has 0 radical (unpaired) electrons. The Morgan fingerprint density at radius 1 is 0.356 bits per heavy atom. The number of esters is 2. The van der Waals surface area contributed by atoms with Crippen LogP contribution in [-0.4, -0.2) is 181 Å². The molecule has 10 N–H and O–H groups in total. The predicted molar refractivity (Wildman–Crippen MR) is 514 cm³/mol. The van der Waals surface area contributed by atoms with E-state index in [9.17, 15) is 61.9 Å². The molecule has 31 heteroatoms. The zero-order valence-corrected chi connectivity index (χ0v) is 81.4. The van der Waals surface area contributed by atoms with Gasteiger partial charge in [0.25, 0.3) is 17.7 Å². The van der Waals surface area contributed by atoms with E-state index >= 15 is 0 Å². The molecule has 9 aliphatic rings. The second-order valence-corrected chi connectivity index (χ2v) is 41.9. The molecule has 15 bridgehead atoms. The summed E-state index contributed by atoms with van der Waals surface area (Å²) in [6, 6.07) is 21.6. The third-order valence-corrected chi connectivity index (χ3v) is 28.4. The quantitative estimate of drug-likeness (QED) is 0.0736. The number of pyridine rings is 3. The van der Waals surface area contributed by atoms with Crippen LogP contribution in [0.1, 0.15) is 285 Å². The Hall–Kier alpha value is -11.4. The van der Waals surface area contributed by atoms with Crippen LogP contribution in [0.25, 0.3) is 50.9 Å². The summed E-state index contributed by atoms with van der Waals surface area (Å²) in [5.41, 5.74) is 11.7. The van der Waals surface area contributed by atoms with E-state index in [-0.39, 0.29) is 82.8 Å². The summed E-state index contributed by atoms with van der Waals surface area (Å²) in [6.07, 6.45) is 21.3. The minimum Gasteiger partial charge on any atom is -0.455 e. The lowest BCUT2D eigenvalue weighted by atomic mass is 9.62. The van der Waals surface area contributed by atoms with Crippen molar-refractivity contribution in [3.05, 3.63) is 143 Å². The number of ether oxygens (including phenoxy) is 2. The Balaban J connectivity index is 0.000000171. The molecule has 10 amide bonds. The largest absolute Gasteiger partial charge is 0.455 e. The van der Waals surface area contributed by atoms with E-state index in [0.29, 0.717) is 114 Å². The molecule has 6 fully saturated rings. The normalized spacial score (nSPS) is 31.3. The van der Waals surface area contributed by atoms with Crippen molar-refractivity contribution in [3.8, 4) is 0 Å². The smallest absolute Gasteiger partial charge is 0.325 e. The fourth-order valence-electron chi connectivity index (χ4n) is 20.2. The summed E-state index contributed by atoms with van der Waals surface area (Å²) in [4.78, 5) is 177. The second-order valence-electron chi connectivity index (χ2n) is 41.9. The molecule has 6 aliphatic heterocycles. The molecule has 14 atom stereocenters. The molecule has 6 aromatic rings. The number of hydrogen-bond acceptors (Lipinski definition) is 20. The highest BCUT2D eigenvalue weighted by atomic mass is 19.1. The van der Waals surface area contributed by atoms with Gasteiger partial charge in [-0.15, -0.1) is 0 Å². The molecule has 135 heavy (non-hydrogen) atoms. The van der Waals surface area contributed by atoms with Crippen LogP contribution in [0.2, 0.25) is 0 Å². The lowest BCUT2D eigenvalue weighted by molar-refractivity contribution is -0.158. The van der Waals surface area contributed by atoms with Crippen LogP contribution in [0.3, 0.4) is 0 Å². The zero-order chi connectivity index (χ0) is 97.6. The minimum atomic E-state index is -1.37. The Bertz CT molecular complexity index is 5340. The second kappa shape index (κ2) is 42.0. The zero-order valence-electron chi connectivity index (χ0n) is 81.4. The molecular formula is C104H139FN16O14. The molecule has 0 unspecified atom stereocenters. The highest BCUT2D eigenvalue weighted by molar-refractivity contribution is 5.98. The van der Waals surface area contributed by atoms with Crippen molar-refractivity contribution in [2.45, 2.75) is 312 Å². The van der Waals surface area contributed by atoms with Gasteiger partial charge < -0.3 is 46.7 Å². The van der Waals surface area contributed by atoms with Crippen molar-refractivity contribution in [3.63, 3.8) is 0 Å². The van der Waals surface area contributed by atoms with E-state index in [1.54, 1.807) is 41.5 Å². The van der Waals surface area contributed by atoms with Crippen molar-refractivity contribution in [2.75, 3.05) is 19.6 Å². The number of hydrogen-bond donors (Lipinski definition) is 10. The molecule has 3 aliphatic carbocycles. The van der Waals surface area contributed by atoms with Crippen LogP contribution in [0.4, 0.5) is 4.39 Å². The fourth-order valence-corrected chi connectivity index (χ4v) is 20.2.